The third-order valence-electron chi connectivity index (χ3n) is 4.75. The van der Waals surface area contributed by atoms with Crippen molar-refractivity contribution in [2.45, 2.75) is 38.8 Å². The highest BCUT2D eigenvalue weighted by molar-refractivity contribution is 5.52. The van der Waals surface area contributed by atoms with Gasteiger partial charge >= 0.3 is 0 Å². The molecule has 25 heavy (non-hydrogen) atoms. The summed E-state index contributed by atoms with van der Waals surface area (Å²) >= 11 is 0. The zero-order chi connectivity index (χ0) is 17.6. The molecule has 2 aromatic carbocycles. The van der Waals surface area contributed by atoms with Crippen LogP contribution in [0.5, 0.6) is 0 Å². The van der Waals surface area contributed by atoms with Gasteiger partial charge in [-0.05, 0) is 28.7 Å². The molecule has 0 saturated carbocycles. The predicted molar refractivity (Wildman–Crippen MR) is 106 cm³/mol. The van der Waals surface area contributed by atoms with E-state index in [-0.39, 0.29) is 5.92 Å². The van der Waals surface area contributed by atoms with Crippen molar-refractivity contribution in [3.05, 3.63) is 101 Å². The Hall–Kier alpha value is -2.16. The lowest BCUT2D eigenvalue weighted by atomic mass is 9.80. The minimum absolute atomic E-state index is 0.212. The summed E-state index contributed by atoms with van der Waals surface area (Å²) in [6.45, 7) is 3.34. The highest BCUT2D eigenvalue weighted by atomic mass is 14.5. The van der Waals surface area contributed by atoms with Crippen LogP contribution in [0, 0.1) is 5.92 Å². The van der Waals surface area contributed by atoms with Crippen LogP contribution in [-0.2, 0) is 13.1 Å². The Labute approximate surface area is 151 Å². The molecule has 0 bridgehead atoms. The number of rotatable bonds is 7. The lowest BCUT2D eigenvalue weighted by Gasteiger charge is -2.23. The van der Waals surface area contributed by atoms with Gasteiger partial charge in [0.1, 0.15) is 0 Å². The highest BCUT2D eigenvalue weighted by Gasteiger charge is 2.25. The molecule has 0 spiro atoms. The van der Waals surface area contributed by atoms with E-state index >= 15 is 0 Å². The van der Waals surface area contributed by atoms with E-state index in [0.29, 0.717) is 13.1 Å². The molecule has 1 aliphatic rings. The molecule has 0 aromatic heterocycles. The molecule has 4 N–H and O–H groups in total. The molecule has 2 nitrogen and oxygen atoms in total. The van der Waals surface area contributed by atoms with Crippen molar-refractivity contribution in [1.82, 2.24) is 0 Å². The lowest BCUT2D eigenvalue weighted by Crippen LogP contribution is -2.10. The van der Waals surface area contributed by atoms with Crippen molar-refractivity contribution < 1.29 is 0 Å². The fraction of sp³-hybridized carbons (Fsp3) is 0.261. The van der Waals surface area contributed by atoms with Gasteiger partial charge in [-0.2, -0.15) is 0 Å². The second-order valence-electron chi connectivity index (χ2n) is 6.63. The van der Waals surface area contributed by atoms with Crippen LogP contribution in [0.4, 0.5) is 0 Å². The van der Waals surface area contributed by atoms with Gasteiger partial charge in [-0.25, -0.2) is 0 Å². The molecule has 0 atom stereocenters. The Kier molecular flexibility index (Phi) is 5.85. The van der Waals surface area contributed by atoms with E-state index in [0.717, 1.165) is 17.5 Å². The average Bonchev–Trinajstić information content (AvgIpc) is 3.11. The maximum atomic E-state index is 5.87. The second-order valence-corrected chi connectivity index (χ2v) is 6.63. The second kappa shape index (κ2) is 8.28. The highest BCUT2D eigenvalue weighted by Crippen LogP contribution is 2.39. The Balaban J connectivity index is 2.03. The van der Waals surface area contributed by atoms with E-state index in [4.69, 9.17) is 11.5 Å². The molecule has 3 rings (SSSR count). The summed E-state index contributed by atoms with van der Waals surface area (Å²) in [6, 6.07) is 17.2. The summed E-state index contributed by atoms with van der Waals surface area (Å²) in [5, 5.41) is 0. The van der Waals surface area contributed by atoms with E-state index in [1.165, 1.54) is 29.0 Å². The molecule has 0 amide bonds. The first-order chi connectivity index (χ1) is 12.2. The largest absolute Gasteiger partial charge is 0.326 e. The summed E-state index contributed by atoms with van der Waals surface area (Å²) in [6.07, 6.45) is 9.15. The van der Waals surface area contributed by atoms with Gasteiger partial charge in [-0.1, -0.05) is 85.7 Å². The molecule has 1 aliphatic carbocycles. The number of allylic oxidation sites excluding steroid dienone is 4. The van der Waals surface area contributed by atoms with Gasteiger partial charge in [0.15, 0.2) is 0 Å². The van der Waals surface area contributed by atoms with Gasteiger partial charge in [-0.3, -0.25) is 0 Å². The fourth-order valence-electron chi connectivity index (χ4n) is 3.51. The van der Waals surface area contributed by atoms with Crippen molar-refractivity contribution in [2.75, 3.05) is 0 Å². The topological polar surface area (TPSA) is 52.0 Å². The monoisotopic (exact) mass is 331 g/mol. The van der Waals surface area contributed by atoms with Crippen LogP contribution < -0.4 is 11.5 Å². The van der Waals surface area contributed by atoms with E-state index in [9.17, 15) is 0 Å². The summed E-state index contributed by atoms with van der Waals surface area (Å²) in [7, 11) is 0. The van der Waals surface area contributed by atoms with Crippen LogP contribution in [0.3, 0.4) is 0 Å². The van der Waals surface area contributed by atoms with Gasteiger partial charge in [0.05, 0.1) is 0 Å². The van der Waals surface area contributed by atoms with Crippen molar-refractivity contribution >= 4 is 0 Å². The number of benzene rings is 2. The van der Waals surface area contributed by atoms with Crippen LogP contribution in [-0.4, -0.2) is 0 Å². The predicted octanol–water partition coefficient (Wildman–Crippen LogP) is 4.61. The van der Waals surface area contributed by atoms with Gasteiger partial charge in [-0.15, -0.1) is 0 Å². The summed E-state index contributed by atoms with van der Waals surface area (Å²) in [4.78, 5) is 0. The van der Waals surface area contributed by atoms with Crippen LogP contribution >= 0.6 is 0 Å². The molecule has 0 saturated heterocycles. The smallest absolute Gasteiger partial charge is 0.0315 e. The molecule has 129 valence electrons. The maximum Gasteiger partial charge on any atom is 0.0315 e. The maximum absolute atomic E-state index is 5.87. The number of nitrogens with two attached hydrogens (primary N) is 2. The lowest BCUT2D eigenvalue weighted by molar-refractivity contribution is 0.887. The molecule has 2 heteroatoms. The molecule has 0 unspecified atom stereocenters. The number of hydrogen-bond donors (Lipinski definition) is 2. The van der Waals surface area contributed by atoms with Gasteiger partial charge < -0.3 is 11.5 Å². The molecular weight excluding hydrogens is 304 g/mol. The third-order valence-corrected chi connectivity index (χ3v) is 4.75. The van der Waals surface area contributed by atoms with Gasteiger partial charge in [0, 0.05) is 24.9 Å². The minimum Gasteiger partial charge on any atom is -0.326 e. The van der Waals surface area contributed by atoms with E-state index in [1.807, 2.05) is 0 Å². The Bertz CT molecular complexity index is 726. The molecule has 0 aliphatic heterocycles. The first kappa shape index (κ1) is 17.7. The zero-order valence-electron chi connectivity index (χ0n) is 14.9. The first-order valence-electron chi connectivity index (χ1n) is 9.08. The standard InChI is InChI=1S/C23H27N2/c1-2-5-17-10-11-22(12-17)23(20-8-3-6-18(13-20)15-24)21-9-4-7-19(14-21)16-25/h3-4,6-14,23H,2,5,15-16,24-25H2,1H3. The molecule has 1 radical (unpaired) electrons. The number of hydrogen-bond acceptors (Lipinski definition) is 2. The van der Waals surface area contributed by atoms with Gasteiger partial charge in [0.25, 0.3) is 0 Å². The molecule has 0 heterocycles. The van der Waals surface area contributed by atoms with Crippen molar-refractivity contribution in [3.63, 3.8) is 0 Å². The molecule has 2 aromatic rings. The summed E-state index contributed by atoms with van der Waals surface area (Å²) < 4.78 is 0. The summed E-state index contributed by atoms with van der Waals surface area (Å²) in [5.74, 6) is 1.55. The van der Waals surface area contributed by atoms with Crippen LogP contribution in [0.15, 0.2) is 72.3 Å². The van der Waals surface area contributed by atoms with Crippen molar-refractivity contribution in [1.29, 1.82) is 0 Å². The van der Waals surface area contributed by atoms with Crippen molar-refractivity contribution in [3.8, 4) is 0 Å². The minimum atomic E-state index is 0.212. The van der Waals surface area contributed by atoms with Crippen LogP contribution in [0.2, 0.25) is 0 Å². The van der Waals surface area contributed by atoms with E-state index < -0.39 is 0 Å². The van der Waals surface area contributed by atoms with Crippen molar-refractivity contribution in [2.24, 2.45) is 11.5 Å². The zero-order valence-corrected chi connectivity index (χ0v) is 14.9. The normalized spacial score (nSPS) is 14.3. The Morgan fingerprint density at radius 1 is 0.840 bits per heavy atom. The average molecular weight is 331 g/mol. The first-order valence-corrected chi connectivity index (χ1v) is 9.08. The SMILES string of the molecule is CCCC1=C[C](C(c2cccc(CN)c2)c2cccc(CN)c2)C=C1. The molecule has 0 fully saturated rings. The Morgan fingerprint density at radius 2 is 1.44 bits per heavy atom. The summed E-state index contributed by atoms with van der Waals surface area (Å²) in [5.41, 5.74) is 18.0. The Morgan fingerprint density at radius 3 is 1.96 bits per heavy atom. The van der Waals surface area contributed by atoms with E-state index in [2.05, 4.69) is 73.7 Å². The molecular formula is C23H27N2. The third kappa shape index (κ3) is 4.09. The van der Waals surface area contributed by atoms with Gasteiger partial charge in [0.2, 0.25) is 0 Å². The quantitative estimate of drug-likeness (QED) is 0.778. The van der Waals surface area contributed by atoms with E-state index in [1.54, 1.807) is 0 Å². The van der Waals surface area contributed by atoms with Crippen LogP contribution in [0.25, 0.3) is 0 Å². The fourth-order valence-corrected chi connectivity index (χ4v) is 3.51. The van der Waals surface area contributed by atoms with Crippen LogP contribution in [0.1, 0.15) is 47.9 Å².